The van der Waals surface area contributed by atoms with Gasteiger partial charge < -0.3 is 14.2 Å². The van der Waals surface area contributed by atoms with Gasteiger partial charge in [0.15, 0.2) is 0 Å². The maximum Gasteiger partial charge on any atom is 0.403 e. The first-order valence-corrected chi connectivity index (χ1v) is 7.20. The molecule has 4 nitrogen and oxygen atoms in total. The lowest BCUT2D eigenvalue weighted by molar-refractivity contribution is 0.0787. The zero-order valence-corrected chi connectivity index (χ0v) is 12.0. The van der Waals surface area contributed by atoms with Crippen LogP contribution in [0.4, 0.5) is 8.78 Å². The molecule has 16 heavy (non-hydrogen) atoms. The van der Waals surface area contributed by atoms with Gasteiger partial charge in [0.1, 0.15) is 0 Å². The summed E-state index contributed by atoms with van der Waals surface area (Å²) in [4.78, 5) is 0. The molecular weight excluding hydrogens is 356 g/mol. The molecular formula is C8H14F2IO4P. The fourth-order valence-electron chi connectivity index (χ4n) is 0.862. The second kappa shape index (κ2) is 7.00. The highest BCUT2D eigenvalue weighted by molar-refractivity contribution is 14.1. The summed E-state index contributed by atoms with van der Waals surface area (Å²) in [6.45, 7) is 2.06. The van der Waals surface area contributed by atoms with Crippen LogP contribution in [0.3, 0.4) is 0 Å². The van der Waals surface area contributed by atoms with Crippen LogP contribution >= 0.6 is 30.2 Å². The molecule has 0 heterocycles. The van der Waals surface area contributed by atoms with Crippen molar-refractivity contribution in [1.82, 2.24) is 0 Å². The molecule has 0 unspecified atom stereocenters. The van der Waals surface area contributed by atoms with Gasteiger partial charge in [0.2, 0.25) is 0 Å². The van der Waals surface area contributed by atoms with Crippen LogP contribution in [-0.4, -0.2) is 30.6 Å². The van der Waals surface area contributed by atoms with Crippen molar-refractivity contribution in [3.05, 3.63) is 9.66 Å². The van der Waals surface area contributed by atoms with E-state index in [1.807, 2.05) is 0 Å². The number of allylic oxidation sites excluding steroid dienone is 1. The monoisotopic (exact) mass is 370 g/mol. The van der Waals surface area contributed by atoms with Gasteiger partial charge in [-0.3, -0.25) is 4.57 Å². The van der Waals surface area contributed by atoms with Gasteiger partial charge in [-0.25, -0.2) is 0 Å². The Labute approximate surface area is 107 Å². The highest BCUT2D eigenvalue weighted by Gasteiger charge is 2.51. The minimum atomic E-state index is -4.51. The fourth-order valence-corrected chi connectivity index (χ4v) is 2.91. The van der Waals surface area contributed by atoms with Crippen molar-refractivity contribution >= 4 is 30.2 Å². The van der Waals surface area contributed by atoms with Crippen molar-refractivity contribution in [2.45, 2.75) is 19.5 Å². The number of halogens is 3. The fraction of sp³-hybridized carbons (Fsp3) is 0.750. The summed E-state index contributed by atoms with van der Waals surface area (Å²) in [7, 11) is -4.51. The molecule has 0 aliphatic heterocycles. The van der Waals surface area contributed by atoms with E-state index in [-0.39, 0.29) is 16.8 Å². The van der Waals surface area contributed by atoms with Crippen molar-refractivity contribution < 1.29 is 27.5 Å². The third-order valence-corrected chi connectivity index (χ3v) is 4.15. The molecule has 96 valence electrons. The SMILES string of the molecule is CCOP(=O)(OCC)C(F)(F)/C=C(/I)CO. The molecule has 0 saturated carbocycles. The molecule has 0 aromatic rings. The number of alkyl halides is 2. The van der Waals surface area contributed by atoms with E-state index in [2.05, 4.69) is 9.05 Å². The van der Waals surface area contributed by atoms with Crippen LogP contribution in [-0.2, 0) is 13.6 Å². The Hall–Kier alpha value is 0.440. The smallest absolute Gasteiger partial charge is 0.391 e. The molecule has 0 spiro atoms. The van der Waals surface area contributed by atoms with Crippen LogP contribution in [0.2, 0.25) is 0 Å². The zero-order chi connectivity index (χ0) is 12.8. The Kier molecular flexibility index (Phi) is 7.20. The molecule has 1 N–H and O–H groups in total. The van der Waals surface area contributed by atoms with Crippen molar-refractivity contribution in [3.63, 3.8) is 0 Å². The van der Waals surface area contributed by atoms with E-state index in [4.69, 9.17) is 5.11 Å². The highest BCUT2D eigenvalue weighted by Crippen LogP contribution is 2.62. The maximum absolute atomic E-state index is 13.6. The molecule has 0 aromatic carbocycles. The average Bonchev–Trinajstić information content (AvgIpc) is 2.17. The standard InChI is InChI=1S/C8H14F2IO4P/c1-3-14-16(13,15-4-2)8(9,10)5-7(11)6-12/h5,12H,3-4,6H2,1-2H3/b7-5+. The number of hydrogen-bond donors (Lipinski definition) is 1. The number of rotatable bonds is 7. The molecule has 0 fully saturated rings. The van der Waals surface area contributed by atoms with E-state index in [9.17, 15) is 13.3 Å². The van der Waals surface area contributed by atoms with Crippen LogP contribution < -0.4 is 0 Å². The zero-order valence-electron chi connectivity index (χ0n) is 8.95. The molecule has 0 saturated heterocycles. The predicted octanol–water partition coefficient (Wildman–Crippen LogP) is 3.16. The Morgan fingerprint density at radius 3 is 2.19 bits per heavy atom. The molecule has 0 radical (unpaired) electrons. The van der Waals surface area contributed by atoms with E-state index in [0.29, 0.717) is 6.08 Å². The van der Waals surface area contributed by atoms with Crippen LogP contribution in [0.1, 0.15) is 13.8 Å². The summed E-state index contributed by atoms with van der Waals surface area (Å²) >= 11 is 1.53. The van der Waals surface area contributed by atoms with Crippen molar-refractivity contribution in [3.8, 4) is 0 Å². The highest BCUT2D eigenvalue weighted by atomic mass is 127. The summed E-state index contributed by atoms with van der Waals surface area (Å²) in [5.41, 5.74) is -3.74. The molecule has 8 heteroatoms. The van der Waals surface area contributed by atoms with E-state index in [1.165, 1.54) is 36.4 Å². The van der Waals surface area contributed by atoms with Gasteiger partial charge in [-0.2, -0.15) is 8.78 Å². The molecule has 0 bridgehead atoms. The lowest BCUT2D eigenvalue weighted by Crippen LogP contribution is -2.18. The lowest BCUT2D eigenvalue weighted by atomic mass is 10.5. The van der Waals surface area contributed by atoms with Gasteiger partial charge in [0.25, 0.3) is 0 Å². The lowest BCUT2D eigenvalue weighted by Gasteiger charge is -2.23. The Morgan fingerprint density at radius 2 is 1.88 bits per heavy atom. The molecule has 0 aromatic heterocycles. The maximum atomic E-state index is 13.6. The predicted molar refractivity (Wildman–Crippen MR) is 65.0 cm³/mol. The van der Waals surface area contributed by atoms with Gasteiger partial charge in [0.05, 0.1) is 19.8 Å². The minimum absolute atomic E-state index is 0.0257. The molecule has 0 amide bonds. The second-order valence-electron chi connectivity index (χ2n) is 2.67. The topological polar surface area (TPSA) is 55.8 Å². The number of aliphatic hydroxyl groups is 1. The van der Waals surface area contributed by atoms with Crippen LogP contribution in [0.5, 0.6) is 0 Å². The van der Waals surface area contributed by atoms with E-state index < -0.39 is 19.9 Å². The summed E-state index contributed by atoms with van der Waals surface area (Å²) < 4.78 is 48.0. The molecule has 0 rings (SSSR count). The van der Waals surface area contributed by atoms with Gasteiger partial charge in [-0.05, 0) is 36.4 Å². The Balaban J connectivity index is 5.11. The minimum Gasteiger partial charge on any atom is -0.391 e. The van der Waals surface area contributed by atoms with Crippen LogP contribution in [0, 0.1) is 0 Å². The van der Waals surface area contributed by atoms with Gasteiger partial charge in [0, 0.05) is 9.66 Å². The first-order valence-electron chi connectivity index (χ1n) is 4.58. The first-order chi connectivity index (χ1) is 7.33. The summed E-state index contributed by atoms with van der Waals surface area (Å²) in [5.74, 6) is 0. The Bertz CT molecular complexity index is 286. The van der Waals surface area contributed by atoms with Crippen molar-refractivity contribution in [2.24, 2.45) is 0 Å². The third kappa shape index (κ3) is 4.37. The molecule has 0 aliphatic carbocycles. The summed E-state index contributed by atoms with van der Waals surface area (Å²) in [6.07, 6.45) is 0.402. The first kappa shape index (κ1) is 16.4. The number of aliphatic hydroxyl groups excluding tert-OH is 1. The van der Waals surface area contributed by atoms with E-state index >= 15 is 0 Å². The largest absolute Gasteiger partial charge is 0.403 e. The summed E-state index contributed by atoms with van der Waals surface area (Å²) in [5, 5.41) is 8.64. The number of hydrogen-bond acceptors (Lipinski definition) is 4. The average molecular weight is 370 g/mol. The second-order valence-corrected chi connectivity index (χ2v) is 6.16. The molecule has 0 atom stereocenters. The van der Waals surface area contributed by atoms with E-state index in [0.717, 1.165) is 0 Å². The van der Waals surface area contributed by atoms with E-state index in [1.54, 1.807) is 0 Å². The normalized spacial score (nSPS) is 14.2. The third-order valence-electron chi connectivity index (χ3n) is 1.44. The van der Waals surface area contributed by atoms with Crippen LogP contribution in [0.15, 0.2) is 9.66 Å². The van der Waals surface area contributed by atoms with Crippen molar-refractivity contribution in [1.29, 1.82) is 0 Å². The van der Waals surface area contributed by atoms with Gasteiger partial charge in [-0.1, -0.05) is 0 Å². The van der Waals surface area contributed by atoms with Gasteiger partial charge >= 0.3 is 13.3 Å². The molecule has 0 aliphatic rings. The Morgan fingerprint density at radius 1 is 1.44 bits per heavy atom. The quantitative estimate of drug-likeness (QED) is 0.553. The summed E-state index contributed by atoms with van der Waals surface area (Å²) in [6, 6.07) is 0. The van der Waals surface area contributed by atoms with Crippen molar-refractivity contribution in [2.75, 3.05) is 19.8 Å². The van der Waals surface area contributed by atoms with Crippen LogP contribution in [0.25, 0.3) is 0 Å². The van der Waals surface area contributed by atoms with Gasteiger partial charge in [-0.15, -0.1) is 0 Å².